The summed E-state index contributed by atoms with van der Waals surface area (Å²) in [6.07, 6.45) is 0.511. The molecule has 1 heterocycles. The number of hydrogen-bond donors (Lipinski definition) is 3. The summed E-state index contributed by atoms with van der Waals surface area (Å²) in [7, 11) is -0.155. The van der Waals surface area contributed by atoms with Gasteiger partial charge in [-0.25, -0.2) is 13.4 Å². The highest BCUT2D eigenvalue weighted by molar-refractivity contribution is 7.92. The van der Waals surface area contributed by atoms with E-state index in [-0.39, 0.29) is 16.4 Å². The number of likely N-dealkylation sites (N-methyl/N-ethyl adjacent to an activating group) is 1. The summed E-state index contributed by atoms with van der Waals surface area (Å²) in [4.78, 5) is 18.5. The number of amidine groups is 1. The van der Waals surface area contributed by atoms with Gasteiger partial charge in [-0.3, -0.25) is 14.5 Å². The Morgan fingerprint density at radius 1 is 1.05 bits per heavy atom. The van der Waals surface area contributed by atoms with E-state index in [0.29, 0.717) is 24.0 Å². The van der Waals surface area contributed by atoms with Crippen LogP contribution in [0.15, 0.2) is 77.7 Å². The molecule has 11 heteroatoms. The van der Waals surface area contributed by atoms with Crippen molar-refractivity contribution in [2.45, 2.75) is 17.9 Å². The molecule has 0 spiro atoms. The van der Waals surface area contributed by atoms with E-state index < -0.39 is 22.5 Å². The van der Waals surface area contributed by atoms with Crippen LogP contribution in [0.2, 0.25) is 0 Å². The van der Waals surface area contributed by atoms with Crippen molar-refractivity contribution in [3.05, 3.63) is 89.7 Å². The number of sulfonamides is 1. The summed E-state index contributed by atoms with van der Waals surface area (Å²) in [6.45, 7) is 0.696. The first-order valence-electron chi connectivity index (χ1n) is 11.9. The quantitative estimate of drug-likeness (QED) is 0.198. The fourth-order valence-electron chi connectivity index (χ4n) is 4.15. The first kappa shape index (κ1) is 26.8. The minimum atomic E-state index is -4.12. The zero-order valence-corrected chi connectivity index (χ0v) is 22.0. The van der Waals surface area contributed by atoms with Crippen molar-refractivity contribution in [1.29, 1.82) is 5.41 Å². The van der Waals surface area contributed by atoms with E-state index in [4.69, 9.17) is 16.1 Å². The lowest BCUT2D eigenvalue weighted by molar-refractivity contribution is -0.135. The lowest BCUT2D eigenvalue weighted by Gasteiger charge is -2.22. The molecule has 0 atom stereocenters. The molecule has 0 unspecified atom stereocenters. The molecule has 4 rings (SSSR count). The second kappa shape index (κ2) is 11.0. The summed E-state index contributed by atoms with van der Waals surface area (Å²) in [5.41, 5.74) is 8.80. The smallest absolute Gasteiger partial charge is 0.324 e. The van der Waals surface area contributed by atoms with Crippen LogP contribution in [0.4, 0.5) is 5.69 Å². The van der Waals surface area contributed by atoms with Gasteiger partial charge in [0.25, 0.3) is 10.0 Å². The first-order chi connectivity index (χ1) is 18.1. The van der Waals surface area contributed by atoms with Gasteiger partial charge in [-0.2, -0.15) is 0 Å². The molecule has 0 radical (unpaired) electrons. The second-order valence-electron chi connectivity index (χ2n) is 9.16. The van der Waals surface area contributed by atoms with Crippen molar-refractivity contribution in [3.63, 3.8) is 0 Å². The SMILES string of the molecule is CN(C)CCn1c(Cc2ccc(C(=N)N)cc2)nc2cc(N(CC(=O)O)S(=O)(=O)c3ccccc3)ccc21. The molecule has 0 saturated carbocycles. The molecule has 3 aromatic carbocycles. The molecular formula is C27H30N6O4S. The fraction of sp³-hybridized carbons (Fsp3) is 0.222. The Morgan fingerprint density at radius 2 is 1.74 bits per heavy atom. The number of aliphatic carboxylic acids is 1. The van der Waals surface area contributed by atoms with E-state index in [1.165, 1.54) is 12.1 Å². The summed E-state index contributed by atoms with van der Waals surface area (Å²) in [6, 6.07) is 20.2. The number of nitrogen functional groups attached to an aromatic ring is 1. The topological polar surface area (TPSA) is 146 Å². The summed E-state index contributed by atoms with van der Waals surface area (Å²) in [5.74, 6) is -0.486. The fourth-order valence-corrected chi connectivity index (χ4v) is 5.58. The third kappa shape index (κ3) is 5.84. The third-order valence-corrected chi connectivity index (χ3v) is 7.90. The van der Waals surface area contributed by atoms with Gasteiger partial charge in [0.15, 0.2) is 0 Å². The number of carbonyl (C=O) groups is 1. The molecule has 0 amide bonds. The Balaban J connectivity index is 1.77. The summed E-state index contributed by atoms with van der Waals surface area (Å²) in [5, 5.41) is 17.1. The molecule has 198 valence electrons. The number of nitrogens with two attached hydrogens (primary N) is 1. The maximum Gasteiger partial charge on any atom is 0.324 e. The Bertz CT molecular complexity index is 1560. The molecule has 0 aliphatic heterocycles. The second-order valence-corrected chi connectivity index (χ2v) is 11.0. The van der Waals surface area contributed by atoms with E-state index in [1.807, 2.05) is 26.2 Å². The van der Waals surface area contributed by atoms with Crippen LogP contribution in [0.25, 0.3) is 11.0 Å². The van der Waals surface area contributed by atoms with Gasteiger partial charge in [0.05, 0.1) is 21.6 Å². The summed E-state index contributed by atoms with van der Waals surface area (Å²) >= 11 is 0. The number of carboxylic acid groups (broad SMARTS) is 1. The molecule has 0 saturated heterocycles. The molecular weight excluding hydrogens is 504 g/mol. The minimum absolute atomic E-state index is 0.00123. The Morgan fingerprint density at radius 3 is 2.34 bits per heavy atom. The van der Waals surface area contributed by atoms with Crippen LogP contribution < -0.4 is 10.0 Å². The van der Waals surface area contributed by atoms with E-state index >= 15 is 0 Å². The first-order valence-corrected chi connectivity index (χ1v) is 13.4. The highest BCUT2D eigenvalue weighted by atomic mass is 32.2. The number of imidazole rings is 1. The molecule has 0 aliphatic carbocycles. The average molecular weight is 535 g/mol. The van der Waals surface area contributed by atoms with Crippen molar-refractivity contribution in [2.75, 3.05) is 31.5 Å². The molecule has 0 bridgehead atoms. The average Bonchev–Trinajstić information content (AvgIpc) is 3.22. The lowest BCUT2D eigenvalue weighted by atomic mass is 10.1. The largest absolute Gasteiger partial charge is 0.480 e. The van der Waals surface area contributed by atoms with Crippen molar-refractivity contribution in [2.24, 2.45) is 5.73 Å². The normalized spacial score (nSPS) is 11.7. The van der Waals surface area contributed by atoms with Crippen LogP contribution in [-0.2, 0) is 27.8 Å². The van der Waals surface area contributed by atoms with Crippen LogP contribution in [0.1, 0.15) is 17.0 Å². The molecule has 4 N–H and O–H groups in total. The molecule has 0 aliphatic rings. The zero-order valence-electron chi connectivity index (χ0n) is 21.2. The molecule has 0 fully saturated rings. The number of fused-ring (bicyclic) bond motifs is 1. The molecule has 38 heavy (non-hydrogen) atoms. The van der Waals surface area contributed by atoms with Gasteiger partial charge in [0.2, 0.25) is 0 Å². The van der Waals surface area contributed by atoms with E-state index in [9.17, 15) is 18.3 Å². The summed E-state index contributed by atoms with van der Waals surface area (Å²) < 4.78 is 29.7. The standard InChI is InChI=1S/C27H30N6O4S/c1-31(2)14-15-32-24-13-12-21(33(18-26(34)35)38(36,37)22-6-4-3-5-7-22)17-23(24)30-25(32)16-19-8-10-20(11-9-19)27(28)29/h3-13,17H,14-16,18H2,1-2H3,(H3,28,29)(H,34,35). The van der Waals surface area contributed by atoms with Crippen LogP contribution in [0, 0.1) is 5.41 Å². The zero-order chi connectivity index (χ0) is 27.4. The number of aromatic nitrogens is 2. The van der Waals surface area contributed by atoms with Gasteiger partial charge in [0.1, 0.15) is 18.2 Å². The van der Waals surface area contributed by atoms with Crippen LogP contribution >= 0.6 is 0 Å². The van der Waals surface area contributed by atoms with Crippen LogP contribution in [0.5, 0.6) is 0 Å². The van der Waals surface area contributed by atoms with Crippen molar-refractivity contribution in [1.82, 2.24) is 14.5 Å². The van der Waals surface area contributed by atoms with Gasteiger partial charge in [-0.05, 0) is 50.0 Å². The predicted molar refractivity (Wildman–Crippen MR) is 147 cm³/mol. The van der Waals surface area contributed by atoms with Crippen molar-refractivity contribution in [3.8, 4) is 0 Å². The number of benzene rings is 3. The van der Waals surface area contributed by atoms with Gasteiger partial charge in [-0.1, -0.05) is 42.5 Å². The highest BCUT2D eigenvalue weighted by Gasteiger charge is 2.27. The van der Waals surface area contributed by atoms with Gasteiger partial charge in [0, 0.05) is 25.1 Å². The Kier molecular flexibility index (Phi) is 7.79. The van der Waals surface area contributed by atoms with E-state index in [0.717, 1.165) is 27.8 Å². The number of rotatable bonds is 11. The Hall–Kier alpha value is -4.22. The van der Waals surface area contributed by atoms with Gasteiger partial charge >= 0.3 is 5.97 Å². The monoisotopic (exact) mass is 534 g/mol. The third-order valence-electron chi connectivity index (χ3n) is 6.11. The number of carboxylic acids is 1. The number of hydrogen-bond acceptors (Lipinski definition) is 6. The predicted octanol–water partition coefficient (Wildman–Crippen LogP) is 2.75. The van der Waals surface area contributed by atoms with Gasteiger partial charge < -0.3 is 20.3 Å². The maximum atomic E-state index is 13.4. The van der Waals surface area contributed by atoms with Gasteiger partial charge in [-0.15, -0.1) is 0 Å². The van der Waals surface area contributed by atoms with E-state index in [1.54, 1.807) is 48.5 Å². The van der Waals surface area contributed by atoms with Crippen LogP contribution in [0.3, 0.4) is 0 Å². The highest BCUT2D eigenvalue weighted by Crippen LogP contribution is 2.28. The van der Waals surface area contributed by atoms with Crippen molar-refractivity contribution >= 4 is 38.5 Å². The number of nitrogens with one attached hydrogen (secondary N) is 1. The minimum Gasteiger partial charge on any atom is -0.480 e. The van der Waals surface area contributed by atoms with Crippen molar-refractivity contribution < 1.29 is 18.3 Å². The maximum absolute atomic E-state index is 13.4. The van der Waals surface area contributed by atoms with E-state index in [2.05, 4.69) is 9.47 Å². The molecule has 1 aromatic heterocycles. The Labute approximate surface area is 221 Å². The van der Waals surface area contributed by atoms with Crippen LogP contribution in [-0.4, -0.2) is 67.0 Å². The number of nitrogens with zero attached hydrogens (tertiary/aromatic N) is 4. The number of anilines is 1. The lowest BCUT2D eigenvalue weighted by Crippen LogP contribution is -2.35. The molecule has 10 nitrogen and oxygen atoms in total. The molecule has 4 aromatic rings.